The van der Waals surface area contributed by atoms with Crippen LogP contribution in [0.1, 0.15) is 47.2 Å². The van der Waals surface area contributed by atoms with Gasteiger partial charge < -0.3 is 5.32 Å². The molecule has 0 radical (unpaired) electrons. The lowest BCUT2D eigenvalue weighted by atomic mass is 10.00. The van der Waals surface area contributed by atoms with E-state index < -0.39 is 0 Å². The van der Waals surface area contributed by atoms with E-state index in [2.05, 4.69) is 44.3 Å². The molecule has 0 spiro atoms. The third-order valence-corrected chi connectivity index (χ3v) is 5.24. The molecule has 0 amide bonds. The Morgan fingerprint density at radius 3 is 2.65 bits per heavy atom. The molecule has 0 bridgehead atoms. The van der Waals surface area contributed by atoms with Crippen molar-refractivity contribution in [1.29, 1.82) is 0 Å². The van der Waals surface area contributed by atoms with E-state index in [1.54, 1.807) is 0 Å². The van der Waals surface area contributed by atoms with E-state index in [4.69, 9.17) is 11.6 Å². The zero-order valence-electron chi connectivity index (χ0n) is 12.4. The predicted molar refractivity (Wildman–Crippen MR) is 90.0 cm³/mol. The first kappa shape index (κ1) is 15.6. The van der Waals surface area contributed by atoms with Gasteiger partial charge in [0.25, 0.3) is 0 Å². The highest BCUT2D eigenvalue weighted by Gasteiger charge is 2.18. The molecule has 1 aromatic heterocycles. The number of benzene rings is 1. The molecule has 0 aliphatic rings. The van der Waals surface area contributed by atoms with Crippen molar-refractivity contribution in [2.45, 2.75) is 39.7 Å². The van der Waals surface area contributed by atoms with Gasteiger partial charge in [0, 0.05) is 14.8 Å². The quantitative estimate of drug-likeness (QED) is 0.757. The van der Waals surface area contributed by atoms with Crippen molar-refractivity contribution in [1.82, 2.24) is 5.32 Å². The van der Waals surface area contributed by atoms with Gasteiger partial charge in [-0.2, -0.15) is 0 Å². The topological polar surface area (TPSA) is 12.0 Å². The number of nitrogens with one attached hydrogen (secondary N) is 1. The Morgan fingerprint density at radius 1 is 1.20 bits per heavy atom. The summed E-state index contributed by atoms with van der Waals surface area (Å²) in [5, 5.41) is 4.50. The molecule has 108 valence electrons. The summed E-state index contributed by atoms with van der Waals surface area (Å²) in [5.41, 5.74) is 2.46. The van der Waals surface area contributed by atoms with Crippen molar-refractivity contribution in [2.75, 3.05) is 6.54 Å². The van der Waals surface area contributed by atoms with Crippen LogP contribution in [-0.4, -0.2) is 6.54 Å². The standard InChI is InChI=1S/C17H22ClNS/c1-4-11-19-17(16-10-9-13(5-2)20-16)14-7-6-8-15(18)12(14)3/h6-10,17,19H,4-5,11H2,1-3H3. The zero-order valence-corrected chi connectivity index (χ0v) is 13.9. The normalized spacial score (nSPS) is 12.6. The Labute approximate surface area is 131 Å². The Hall–Kier alpha value is -0.830. The predicted octanol–water partition coefficient (Wildman–Crippen LogP) is 5.36. The van der Waals surface area contributed by atoms with Gasteiger partial charge in [0.1, 0.15) is 0 Å². The van der Waals surface area contributed by atoms with Crippen molar-refractivity contribution >= 4 is 22.9 Å². The average molecular weight is 308 g/mol. The zero-order chi connectivity index (χ0) is 14.5. The van der Waals surface area contributed by atoms with Crippen LogP contribution in [0.4, 0.5) is 0 Å². The number of hydrogen-bond donors (Lipinski definition) is 1. The summed E-state index contributed by atoms with van der Waals surface area (Å²) < 4.78 is 0. The molecule has 0 aliphatic carbocycles. The fraction of sp³-hybridized carbons (Fsp3) is 0.412. The maximum absolute atomic E-state index is 6.29. The second-order valence-electron chi connectivity index (χ2n) is 5.00. The van der Waals surface area contributed by atoms with Crippen LogP contribution in [0.15, 0.2) is 30.3 Å². The highest BCUT2D eigenvalue weighted by atomic mass is 35.5. The Balaban J connectivity index is 2.38. The maximum Gasteiger partial charge on any atom is 0.0674 e. The lowest BCUT2D eigenvalue weighted by Crippen LogP contribution is -2.23. The summed E-state index contributed by atoms with van der Waals surface area (Å²) in [6, 6.07) is 10.9. The molecule has 0 saturated heterocycles. The molecule has 1 atom stereocenters. The fourth-order valence-corrected chi connectivity index (χ4v) is 3.56. The molecular weight excluding hydrogens is 286 g/mol. The van der Waals surface area contributed by atoms with E-state index in [-0.39, 0.29) is 6.04 Å². The first-order valence-corrected chi connectivity index (χ1v) is 8.43. The third kappa shape index (κ3) is 3.43. The van der Waals surface area contributed by atoms with Crippen LogP contribution in [0.3, 0.4) is 0 Å². The van der Waals surface area contributed by atoms with Crippen molar-refractivity contribution < 1.29 is 0 Å². The van der Waals surface area contributed by atoms with Crippen LogP contribution >= 0.6 is 22.9 Å². The Morgan fingerprint density at radius 2 is 2.00 bits per heavy atom. The lowest BCUT2D eigenvalue weighted by molar-refractivity contribution is 0.603. The molecular formula is C17H22ClNS. The SMILES string of the molecule is CCCNC(c1ccc(CC)s1)c1cccc(Cl)c1C. The monoisotopic (exact) mass is 307 g/mol. The Kier molecular flexibility index (Phi) is 5.64. The molecule has 0 fully saturated rings. The van der Waals surface area contributed by atoms with Crippen LogP contribution in [0, 0.1) is 6.92 Å². The van der Waals surface area contributed by atoms with Gasteiger partial charge in [-0.1, -0.05) is 37.6 Å². The molecule has 0 aliphatic heterocycles. The molecule has 1 N–H and O–H groups in total. The van der Waals surface area contributed by atoms with Gasteiger partial charge >= 0.3 is 0 Å². The molecule has 1 heterocycles. The highest BCUT2D eigenvalue weighted by molar-refractivity contribution is 7.12. The molecule has 0 saturated carbocycles. The summed E-state index contributed by atoms with van der Waals surface area (Å²) in [6.45, 7) is 7.51. The van der Waals surface area contributed by atoms with Gasteiger partial charge in [-0.3, -0.25) is 0 Å². The van der Waals surface area contributed by atoms with Gasteiger partial charge in [0.2, 0.25) is 0 Å². The smallest absolute Gasteiger partial charge is 0.0674 e. The summed E-state index contributed by atoms with van der Waals surface area (Å²) in [4.78, 5) is 2.81. The minimum Gasteiger partial charge on any atom is -0.306 e. The van der Waals surface area contributed by atoms with E-state index in [0.717, 1.165) is 24.4 Å². The van der Waals surface area contributed by atoms with E-state index in [1.165, 1.54) is 20.9 Å². The first-order valence-electron chi connectivity index (χ1n) is 7.24. The summed E-state index contributed by atoms with van der Waals surface area (Å²) >= 11 is 8.18. The molecule has 20 heavy (non-hydrogen) atoms. The fourth-order valence-electron chi connectivity index (χ4n) is 2.33. The maximum atomic E-state index is 6.29. The minimum absolute atomic E-state index is 0.249. The molecule has 1 aromatic carbocycles. The lowest BCUT2D eigenvalue weighted by Gasteiger charge is -2.20. The van der Waals surface area contributed by atoms with Crippen molar-refractivity contribution in [3.8, 4) is 0 Å². The summed E-state index contributed by atoms with van der Waals surface area (Å²) in [7, 11) is 0. The van der Waals surface area contributed by atoms with E-state index >= 15 is 0 Å². The van der Waals surface area contributed by atoms with Crippen LogP contribution in [-0.2, 0) is 6.42 Å². The van der Waals surface area contributed by atoms with E-state index in [0.29, 0.717) is 0 Å². The number of rotatable bonds is 6. The van der Waals surface area contributed by atoms with Gasteiger partial charge in [-0.15, -0.1) is 11.3 Å². The van der Waals surface area contributed by atoms with Gasteiger partial charge in [0.15, 0.2) is 0 Å². The van der Waals surface area contributed by atoms with Crippen LogP contribution in [0.5, 0.6) is 0 Å². The first-order chi connectivity index (χ1) is 9.67. The van der Waals surface area contributed by atoms with E-state index in [9.17, 15) is 0 Å². The summed E-state index contributed by atoms with van der Waals surface area (Å²) in [6.07, 6.45) is 2.22. The van der Waals surface area contributed by atoms with Gasteiger partial charge in [-0.05, 0) is 55.6 Å². The largest absolute Gasteiger partial charge is 0.306 e. The number of aryl methyl sites for hydroxylation is 1. The molecule has 1 unspecified atom stereocenters. The number of hydrogen-bond acceptors (Lipinski definition) is 2. The Bertz CT molecular complexity index is 562. The van der Waals surface area contributed by atoms with Crippen LogP contribution < -0.4 is 5.32 Å². The number of thiophene rings is 1. The van der Waals surface area contributed by atoms with Crippen molar-refractivity contribution in [3.63, 3.8) is 0 Å². The molecule has 3 heteroatoms. The summed E-state index contributed by atoms with van der Waals surface area (Å²) in [5.74, 6) is 0. The molecule has 2 aromatic rings. The second kappa shape index (κ2) is 7.26. The van der Waals surface area contributed by atoms with Crippen molar-refractivity contribution in [2.24, 2.45) is 0 Å². The highest BCUT2D eigenvalue weighted by Crippen LogP contribution is 2.32. The molecule has 2 rings (SSSR count). The molecule has 1 nitrogen and oxygen atoms in total. The van der Waals surface area contributed by atoms with E-state index in [1.807, 2.05) is 23.5 Å². The van der Waals surface area contributed by atoms with Gasteiger partial charge in [0.05, 0.1) is 6.04 Å². The number of halogens is 1. The van der Waals surface area contributed by atoms with Crippen molar-refractivity contribution in [3.05, 3.63) is 56.2 Å². The van der Waals surface area contributed by atoms with Crippen LogP contribution in [0.25, 0.3) is 0 Å². The minimum atomic E-state index is 0.249. The van der Waals surface area contributed by atoms with Gasteiger partial charge in [-0.25, -0.2) is 0 Å². The average Bonchev–Trinajstić information content (AvgIpc) is 2.92. The second-order valence-corrected chi connectivity index (χ2v) is 6.61. The van der Waals surface area contributed by atoms with Crippen LogP contribution in [0.2, 0.25) is 5.02 Å². The third-order valence-electron chi connectivity index (χ3n) is 3.53.